The summed E-state index contributed by atoms with van der Waals surface area (Å²) in [6.07, 6.45) is 3.72. The molecule has 0 fully saturated rings. The predicted molar refractivity (Wildman–Crippen MR) is 37.2 cm³/mol. The van der Waals surface area contributed by atoms with Gasteiger partial charge in [-0.15, -0.1) is 0 Å². The van der Waals surface area contributed by atoms with E-state index in [0.717, 1.165) is 5.92 Å². The zero-order chi connectivity index (χ0) is 5.86. The molecule has 0 rings (SSSR count). The molecule has 0 amide bonds. The Morgan fingerprint density at radius 1 is 1.29 bits per heavy atom. The summed E-state index contributed by atoms with van der Waals surface area (Å²) in [5.74, 6) is 0.766. The Bertz CT molecular complexity index is 41.4. The van der Waals surface area contributed by atoms with E-state index in [1.165, 1.54) is 0 Å². The van der Waals surface area contributed by atoms with Crippen molar-refractivity contribution in [1.82, 2.24) is 0 Å². The van der Waals surface area contributed by atoms with Crippen molar-refractivity contribution in [2.75, 3.05) is 0 Å². The van der Waals surface area contributed by atoms with E-state index in [4.69, 9.17) is 0 Å². The van der Waals surface area contributed by atoms with Crippen LogP contribution in [0.1, 0.15) is 20.8 Å². The van der Waals surface area contributed by atoms with Gasteiger partial charge in [-0.3, -0.25) is 0 Å². The van der Waals surface area contributed by atoms with E-state index in [2.05, 4.69) is 27.0 Å². The lowest BCUT2D eigenvalue weighted by atomic mass is 10.2. The topological polar surface area (TPSA) is 0 Å². The minimum atomic E-state index is 0.708. The third kappa shape index (κ3) is 2.98. The second-order valence-corrected chi connectivity index (χ2v) is 3.19. The zero-order valence-electron chi connectivity index (χ0n) is 5.27. The standard InChI is InChI=1S/C6H13S/c1-5(2)6(3)7-4/h5-6H,4H2,1-3H3. The molecule has 0 spiro atoms. The van der Waals surface area contributed by atoms with Gasteiger partial charge in [-0.1, -0.05) is 20.8 Å². The van der Waals surface area contributed by atoms with Crippen molar-refractivity contribution in [3.05, 3.63) is 6.26 Å². The van der Waals surface area contributed by atoms with Crippen molar-refractivity contribution in [3.8, 4) is 0 Å². The average molecular weight is 117 g/mol. The quantitative estimate of drug-likeness (QED) is 0.535. The second kappa shape index (κ2) is 3.36. The third-order valence-electron chi connectivity index (χ3n) is 1.20. The van der Waals surface area contributed by atoms with Crippen LogP contribution >= 0.6 is 11.8 Å². The fourth-order valence-electron chi connectivity index (χ4n) is 0.192. The lowest BCUT2D eigenvalue weighted by Crippen LogP contribution is -2.02. The van der Waals surface area contributed by atoms with E-state index in [0.29, 0.717) is 5.25 Å². The smallest absolute Gasteiger partial charge is 0.00420 e. The predicted octanol–water partition coefficient (Wildman–Crippen LogP) is 2.56. The van der Waals surface area contributed by atoms with Gasteiger partial charge >= 0.3 is 0 Å². The SMILES string of the molecule is [CH2]SC(C)C(C)C. The molecule has 1 heteroatoms. The fourth-order valence-corrected chi connectivity index (χ4v) is 0.577. The van der Waals surface area contributed by atoms with E-state index < -0.39 is 0 Å². The Balaban J connectivity index is 3.14. The van der Waals surface area contributed by atoms with Crippen molar-refractivity contribution >= 4 is 11.8 Å². The maximum atomic E-state index is 3.72. The third-order valence-corrected chi connectivity index (χ3v) is 2.27. The summed E-state index contributed by atoms with van der Waals surface area (Å²) < 4.78 is 0. The second-order valence-electron chi connectivity index (χ2n) is 2.12. The molecule has 43 valence electrons. The lowest BCUT2D eigenvalue weighted by Gasteiger charge is -2.10. The van der Waals surface area contributed by atoms with Crippen LogP contribution in [-0.2, 0) is 0 Å². The highest BCUT2D eigenvalue weighted by Crippen LogP contribution is 2.15. The summed E-state index contributed by atoms with van der Waals surface area (Å²) in [6, 6.07) is 0. The van der Waals surface area contributed by atoms with Crippen LogP contribution in [-0.4, -0.2) is 5.25 Å². The van der Waals surface area contributed by atoms with Crippen molar-refractivity contribution in [1.29, 1.82) is 0 Å². The van der Waals surface area contributed by atoms with Crippen LogP contribution in [0.15, 0.2) is 0 Å². The Hall–Kier alpha value is 0.350. The van der Waals surface area contributed by atoms with Crippen LogP contribution in [0, 0.1) is 12.2 Å². The maximum Gasteiger partial charge on any atom is 0.00420 e. The van der Waals surface area contributed by atoms with Crippen LogP contribution in [0.3, 0.4) is 0 Å². The van der Waals surface area contributed by atoms with Gasteiger partial charge in [-0.25, -0.2) is 0 Å². The summed E-state index contributed by atoms with van der Waals surface area (Å²) in [7, 11) is 0. The van der Waals surface area contributed by atoms with Gasteiger partial charge in [0.05, 0.1) is 0 Å². The van der Waals surface area contributed by atoms with Gasteiger partial charge in [0.1, 0.15) is 0 Å². The van der Waals surface area contributed by atoms with Gasteiger partial charge in [-0.2, -0.15) is 11.8 Å². The van der Waals surface area contributed by atoms with Gasteiger partial charge in [0.2, 0.25) is 0 Å². The molecule has 0 aromatic rings. The van der Waals surface area contributed by atoms with Gasteiger partial charge in [0.25, 0.3) is 0 Å². The lowest BCUT2D eigenvalue weighted by molar-refractivity contribution is 0.644. The van der Waals surface area contributed by atoms with Crippen LogP contribution < -0.4 is 0 Å². The number of rotatable bonds is 2. The van der Waals surface area contributed by atoms with Crippen LogP contribution in [0.25, 0.3) is 0 Å². The molecule has 1 radical (unpaired) electrons. The number of hydrogen-bond acceptors (Lipinski definition) is 1. The molecule has 7 heavy (non-hydrogen) atoms. The van der Waals surface area contributed by atoms with E-state index in [-0.39, 0.29) is 0 Å². The molecule has 0 saturated heterocycles. The van der Waals surface area contributed by atoms with Gasteiger partial charge in [0, 0.05) is 11.5 Å². The highest BCUT2D eigenvalue weighted by atomic mass is 32.2. The largest absolute Gasteiger partial charge is 0.158 e. The van der Waals surface area contributed by atoms with Crippen molar-refractivity contribution in [2.45, 2.75) is 26.0 Å². The molecule has 0 aromatic carbocycles. The molecule has 0 heterocycles. The molecule has 1 atom stereocenters. The van der Waals surface area contributed by atoms with Crippen LogP contribution in [0.5, 0.6) is 0 Å². The zero-order valence-corrected chi connectivity index (χ0v) is 6.09. The first-order valence-electron chi connectivity index (χ1n) is 2.59. The minimum absolute atomic E-state index is 0.708. The Morgan fingerprint density at radius 3 is 1.71 bits per heavy atom. The number of thioether (sulfide) groups is 1. The first-order valence-corrected chi connectivity index (χ1v) is 3.64. The highest BCUT2D eigenvalue weighted by Gasteiger charge is 2.01. The molecular formula is C6H13S. The van der Waals surface area contributed by atoms with Gasteiger partial charge in [-0.05, 0) is 5.92 Å². The fraction of sp³-hybridized carbons (Fsp3) is 0.833. The summed E-state index contributed by atoms with van der Waals surface area (Å²) in [5, 5.41) is 0.708. The molecule has 0 bridgehead atoms. The summed E-state index contributed by atoms with van der Waals surface area (Å²) in [4.78, 5) is 0. The van der Waals surface area contributed by atoms with Crippen LogP contribution in [0.2, 0.25) is 0 Å². The normalized spacial score (nSPS) is 15.0. The minimum Gasteiger partial charge on any atom is -0.158 e. The molecule has 0 aromatic heterocycles. The Labute approximate surface area is 50.7 Å². The Morgan fingerprint density at radius 2 is 1.71 bits per heavy atom. The monoisotopic (exact) mass is 117 g/mol. The first kappa shape index (κ1) is 7.35. The van der Waals surface area contributed by atoms with E-state index in [1.807, 2.05) is 0 Å². The van der Waals surface area contributed by atoms with E-state index in [9.17, 15) is 0 Å². The summed E-state index contributed by atoms with van der Waals surface area (Å²) in [6.45, 7) is 6.62. The molecule has 0 aliphatic carbocycles. The molecule has 1 unspecified atom stereocenters. The van der Waals surface area contributed by atoms with Crippen molar-refractivity contribution in [2.24, 2.45) is 5.92 Å². The molecule has 0 nitrogen and oxygen atoms in total. The number of hydrogen-bond donors (Lipinski definition) is 0. The maximum absolute atomic E-state index is 3.72. The molecule has 0 saturated carbocycles. The molecule has 0 aliphatic rings. The summed E-state index contributed by atoms with van der Waals surface area (Å²) >= 11 is 1.68. The molecular weight excluding hydrogens is 104 g/mol. The molecule has 0 N–H and O–H groups in total. The summed E-state index contributed by atoms with van der Waals surface area (Å²) in [5.41, 5.74) is 0. The van der Waals surface area contributed by atoms with Crippen molar-refractivity contribution in [3.63, 3.8) is 0 Å². The van der Waals surface area contributed by atoms with Crippen molar-refractivity contribution < 1.29 is 0 Å². The average Bonchev–Trinajstić information content (AvgIpc) is 1.65. The Kier molecular flexibility index (Phi) is 3.53. The van der Waals surface area contributed by atoms with E-state index >= 15 is 0 Å². The highest BCUT2D eigenvalue weighted by molar-refractivity contribution is 8.01. The van der Waals surface area contributed by atoms with E-state index in [1.54, 1.807) is 11.8 Å². The van der Waals surface area contributed by atoms with Gasteiger partial charge < -0.3 is 0 Å². The van der Waals surface area contributed by atoms with Gasteiger partial charge in [0.15, 0.2) is 0 Å². The van der Waals surface area contributed by atoms with Crippen LogP contribution in [0.4, 0.5) is 0 Å². The molecule has 0 aliphatic heterocycles. The first-order chi connectivity index (χ1) is 3.18.